The van der Waals surface area contributed by atoms with Crippen LogP contribution in [0.25, 0.3) is 0 Å². The van der Waals surface area contributed by atoms with Crippen molar-refractivity contribution in [3.05, 3.63) is 0 Å². The highest BCUT2D eigenvalue weighted by Crippen LogP contribution is 2.30. The monoisotopic (exact) mass is 238 g/mol. The highest BCUT2D eigenvalue weighted by Gasteiger charge is 2.38. The van der Waals surface area contributed by atoms with Crippen molar-refractivity contribution in [3.8, 4) is 0 Å². The highest BCUT2D eigenvalue weighted by atomic mass is 16.2. The van der Waals surface area contributed by atoms with Crippen LogP contribution in [-0.4, -0.2) is 29.2 Å². The second-order valence-corrected chi connectivity index (χ2v) is 4.91. The van der Waals surface area contributed by atoms with Gasteiger partial charge < -0.3 is 5.73 Å². The number of amides is 3. The fourth-order valence-corrected chi connectivity index (χ4v) is 2.65. The molecule has 5 nitrogen and oxygen atoms in total. The van der Waals surface area contributed by atoms with Crippen LogP contribution in [0.3, 0.4) is 0 Å². The smallest absolute Gasteiger partial charge is 0.239 e. The Bertz CT molecular complexity index is 330. The van der Waals surface area contributed by atoms with Gasteiger partial charge in [0.15, 0.2) is 0 Å². The van der Waals surface area contributed by atoms with E-state index < -0.39 is 0 Å². The van der Waals surface area contributed by atoms with E-state index in [9.17, 15) is 14.4 Å². The van der Waals surface area contributed by atoms with Gasteiger partial charge in [-0.1, -0.05) is 0 Å². The van der Waals surface area contributed by atoms with Gasteiger partial charge >= 0.3 is 0 Å². The molecule has 1 saturated carbocycles. The zero-order valence-electron chi connectivity index (χ0n) is 9.85. The van der Waals surface area contributed by atoms with Crippen molar-refractivity contribution in [1.82, 2.24) is 4.90 Å². The van der Waals surface area contributed by atoms with Gasteiger partial charge in [0.05, 0.1) is 0 Å². The van der Waals surface area contributed by atoms with E-state index in [1.807, 2.05) is 0 Å². The highest BCUT2D eigenvalue weighted by molar-refractivity contribution is 6.15. The van der Waals surface area contributed by atoms with E-state index in [0.717, 1.165) is 30.6 Å². The maximum atomic E-state index is 12.1. The summed E-state index contributed by atoms with van der Waals surface area (Å²) in [6.45, 7) is 0.655. The molecule has 0 aromatic rings. The molecule has 2 rings (SSSR count). The number of imide groups is 3. The predicted octanol–water partition coefficient (Wildman–Crippen LogP) is 0.427. The molecule has 0 aromatic heterocycles. The number of hydrogen-bond acceptors (Lipinski definition) is 4. The third-order valence-corrected chi connectivity index (χ3v) is 3.80. The largest absolute Gasteiger partial charge is 0.330 e. The van der Waals surface area contributed by atoms with Crippen molar-refractivity contribution < 1.29 is 14.4 Å². The Hall–Kier alpha value is -1.23. The van der Waals surface area contributed by atoms with Crippen LogP contribution in [0.1, 0.15) is 38.5 Å². The average molecular weight is 238 g/mol. The number of likely N-dealkylation sites (tertiary alicyclic amines) is 1. The fourth-order valence-electron chi connectivity index (χ4n) is 2.65. The van der Waals surface area contributed by atoms with E-state index in [1.54, 1.807) is 0 Å². The summed E-state index contributed by atoms with van der Waals surface area (Å²) in [6.07, 6.45) is 3.70. The normalized spacial score (nSPS) is 29.8. The lowest BCUT2D eigenvalue weighted by atomic mass is 9.81. The molecule has 17 heavy (non-hydrogen) atoms. The first kappa shape index (κ1) is 12.2. The molecule has 3 amide bonds. The number of rotatable bonds is 2. The Balaban J connectivity index is 1.97. The molecule has 1 aliphatic carbocycles. The Morgan fingerprint density at radius 1 is 1.12 bits per heavy atom. The topological polar surface area (TPSA) is 80.5 Å². The molecule has 1 heterocycles. The molecule has 2 fully saturated rings. The van der Waals surface area contributed by atoms with Gasteiger partial charge in [0.25, 0.3) is 0 Å². The van der Waals surface area contributed by atoms with Crippen molar-refractivity contribution in [2.45, 2.75) is 38.5 Å². The summed E-state index contributed by atoms with van der Waals surface area (Å²) < 4.78 is 0. The lowest BCUT2D eigenvalue weighted by Gasteiger charge is -2.28. The molecule has 0 radical (unpaired) electrons. The Kier molecular flexibility index (Phi) is 3.57. The quantitative estimate of drug-likeness (QED) is 0.707. The lowest BCUT2D eigenvalue weighted by molar-refractivity contribution is -0.152. The fraction of sp³-hybridized carbons (Fsp3) is 0.750. The number of nitrogens with two attached hydrogens (primary N) is 1. The van der Waals surface area contributed by atoms with Gasteiger partial charge in [-0.15, -0.1) is 0 Å². The van der Waals surface area contributed by atoms with Crippen LogP contribution >= 0.6 is 0 Å². The summed E-state index contributed by atoms with van der Waals surface area (Å²) >= 11 is 0. The number of nitrogens with zero attached hydrogens (tertiary/aromatic N) is 1. The minimum atomic E-state index is -0.332. The number of carbonyl (C=O) groups excluding carboxylic acids is 3. The van der Waals surface area contributed by atoms with Crippen molar-refractivity contribution >= 4 is 17.7 Å². The maximum absolute atomic E-state index is 12.1. The SMILES string of the molecule is NCC1CCC(C(=O)N2C(=O)CCC2=O)CC1. The number of carbonyl (C=O) groups is 3. The van der Waals surface area contributed by atoms with E-state index in [1.165, 1.54) is 0 Å². The molecule has 0 atom stereocenters. The van der Waals surface area contributed by atoms with Crippen LogP contribution in [0.15, 0.2) is 0 Å². The minimum absolute atomic E-state index is 0.163. The zero-order valence-corrected chi connectivity index (χ0v) is 9.85. The van der Waals surface area contributed by atoms with E-state index in [4.69, 9.17) is 5.73 Å². The van der Waals surface area contributed by atoms with E-state index in [0.29, 0.717) is 12.5 Å². The summed E-state index contributed by atoms with van der Waals surface area (Å²) in [4.78, 5) is 35.8. The van der Waals surface area contributed by atoms with E-state index in [-0.39, 0.29) is 36.5 Å². The maximum Gasteiger partial charge on any atom is 0.239 e. The molecule has 0 bridgehead atoms. The second kappa shape index (κ2) is 4.96. The molecular weight excluding hydrogens is 220 g/mol. The second-order valence-electron chi connectivity index (χ2n) is 4.91. The summed E-state index contributed by atoms with van der Waals surface area (Å²) in [6, 6.07) is 0. The van der Waals surface area contributed by atoms with Crippen molar-refractivity contribution in [2.75, 3.05) is 6.54 Å². The third kappa shape index (κ3) is 2.39. The van der Waals surface area contributed by atoms with E-state index >= 15 is 0 Å². The first-order valence-corrected chi connectivity index (χ1v) is 6.23. The molecule has 0 unspecified atom stereocenters. The van der Waals surface area contributed by atoms with Crippen LogP contribution in [0.2, 0.25) is 0 Å². The zero-order chi connectivity index (χ0) is 12.4. The van der Waals surface area contributed by atoms with Gasteiger partial charge in [0.2, 0.25) is 17.7 Å². The van der Waals surface area contributed by atoms with Crippen LogP contribution in [-0.2, 0) is 14.4 Å². The van der Waals surface area contributed by atoms with Crippen molar-refractivity contribution in [3.63, 3.8) is 0 Å². The van der Waals surface area contributed by atoms with Crippen LogP contribution < -0.4 is 5.73 Å². The average Bonchev–Trinajstić information content (AvgIpc) is 2.68. The molecule has 0 aromatic carbocycles. The molecule has 0 spiro atoms. The van der Waals surface area contributed by atoms with Gasteiger partial charge in [0, 0.05) is 18.8 Å². The Morgan fingerprint density at radius 3 is 2.12 bits per heavy atom. The van der Waals surface area contributed by atoms with Gasteiger partial charge in [-0.05, 0) is 38.1 Å². The number of hydrogen-bond donors (Lipinski definition) is 1. The predicted molar refractivity (Wildman–Crippen MR) is 60.6 cm³/mol. The summed E-state index contributed by atoms with van der Waals surface area (Å²) in [5.74, 6) is -0.623. The lowest BCUT2D eigenvalue weighted by Crippen LogP contribution is -2.41. The molecule has 2 aliphatic rings. The van der Waals surface area contributed by atoms with E-state index in [2.05, 4.69) is 0 Å². The van der Waals surface area contributed by atoms with Crippen molar-refractivity contribution in [1.29, 1.82) is 0 Å². The molecule has 1 aliphatic heterocycles. The van der Waals surface area contributed by atoms with Crippen LogP contribution in [0.4, 0.5) is 0 Å². The first-order chi connectivity index (χ1) is 8.13. The van der Waals surface area contributed by atoms with Crippen LogP contribution in [0.5, 0.6) is 0 Å². The van der Waals surface area contributed by atoms with Gasteiger partial charge in [-0.25, -0.2) is 4.90 Å². The molecule has 1 saturated heterocycles. The van der Waals surface area contributed by atoms with Crippen molar-refractivity contribution in [2.24, 2.45) is 17.6 Å². The van der Waals surface area contributed by atoms with Gasteiger partial charge in [-0.3, -0.25) is 14.4 Å². The summed E-state index contributed by atoms with van der Waals surface area (Å²) in [5, 5.41) is 0. The molecule has 2 N–H and O–H groups in total. The molecule has 94 valence electrons. The van der Waals surface area contributed by atoms with Gasteiger partial charge in [-0.2, -0.15) is 0 Å². The minimum Gasteiger partial charge on any atom is -0.330 e. The first-order valence-electron chi connectivity index (χ1n) is 6.23. The standard InChI is InChI=1S/C12H18N2O3/c13-7-8-1-3-9(4-2-8)12(17)14-10(15)5-6-11(14)16/h8-9H,1-7,13H2. The Labute approximate surface area is 100 Å². The van der Waals surface area contributed by atoms with Gasteiger partial charge in [0.1, 0.15) is 0 Å². The molecular formula is C12H18N2O3. The Morgan fingerprint density at radius 2 is 1.65 bits per heavy atom. The third-order valence-electron chi connectivity index (χ3n) is 3.80. The molecule has 5 heteroatoms. The summed E-state index contributed by atoms with van der Waals surface area (Å²) in [7, 11) is 0. The van der Waals surface area contributed by atoms with Crippen LogP contribution in [0, 0.1) is 11.8 Å². The summed E-state index contributed by atoms with van der Waals surface area (Å²) in [5.41, 5.74) is 5.59.